The van der Waals surface area contributed by atoms with Gasteiger partial charge in [-0.2, -0.15) is 0 Å². The highest BCUT2D eigenvalue weighted by atomic mass is 35.5. The third kappa shape index (κ3) is 7.51. The second-order valence-corrected chi connectivity index (χ2v) is 7.77. The van der Waals surface area contributed by atoms with Gasteiger partial charge in [0.1, 0.15) is 0 Å². The standard InChI is InChI=1S/C17H25Cl2N3O2/c1-11(13-7-6-12(18)8-14(13)19)20-15(23)9-22(5)10-16(24)21-17(2,3)4/h6-8,11H,9-10H2,1-5H3,(H,20,23)(H,21,24)/t11-/m1/s1. The number of hydrogen-bond acceptors (Lipinski definition) is 3. The molecule has 134 valence electrons. The molecular formula is C17H25Cl2N3O2. The molecule has 0 aliphatic heterocycles. The lowest BCUT2D eigenvalue weighted by atomic mass is 10.1. The van der Waals surface area contributed by atoms with Crippen LogP contribution < -0.4 is 10.6 Å². The summed E-state index contributed by atoms with van der Waals surface area (Å²) < 4.78 is 0. The lowest BCUT2D eigenvalue weighted by molar-refractivity contribution is -0.125. The number of carbonyl (C=O) groups excluding carboxylic acids is 2. The summed E-state index contributed by atoms with van der Waals surface area (Å²) in [5.41, 5.74) is 0.502. The molecule has 2 N–H and O–H groups in total. The maximum Gasteiger partial charge on any atom is 0.234 e. The molecule has 1 atom stereocenters. The maximum atomic E-state index is 12.1. The Balaban J connectivity index is 2.51. The van der Waals surface area contributed by atoms with Crippen molar-refractivity contribution in [3.05, 3.63) is 33.8 Å². The van der Waals surface area contributed by atoms with Crippen molar-refractivity contribution in [2.45, 2.75) is 39.3 Å². The fourth-order valence-electron chi connectivity index (χ4n) is 2.22. The lowest BCUT2D eigenvalue weighted by Crippen LogP contribution is -2.47. The van der Waals surface area contributed by atoms with E-state index < -0.39 is 0 Å². The molecule has 7 heteroatoms. The van der Waals surface area contributed by atoms with Gasteiger partial charge in [0, 0.05) is 15.6 Å². The van der Waals surface area contributed by atoms with Crippen LogP contribution in [0.1, 0.15) is 39.3 Å². The van der Waals surface area contributed by atoms with Crippen LogP contribution in [0, 0.1) is 0 Å². The summed E-state index contributed by atoms with van der Waals surface area (Å²) in [7, 11) is 1.72. The van der Waals surface area contributed by atoms with Crippen LogP contribution in [0.4, 0.5) is 0 Å². The van der Waals surface area contributed by atoms with Gasteiger partial charge in [-0.05, 0) is 52.4 Å². The Morgan fingerprint density at radius 3 is 2.29 bits per heavy atom. The minimum Gasteiger partial charge on any atom is -0.350 e. The first-order valence-corrected chi connectivity index (χ1v) is 8.47. The van der Waals surface area contributed by atoms with E-state index in [1.54, 1.807) is 30.1 Å². The molecular weight excluding hydrogens is 349 g/mol. The van der Waals surface area contributed by atoms with E-state index in [0.29, 0.717) is 10.0 Å². The smallest absolute Gasteiger partial charge is 0.234 e. The Labute approximate surface area is 153 Å². The van der Waals surface area contributed by atoms with Gasteiger partial charge in [0.2, 0.25) is 11.8 Å². The van der Waals surface area contributed by atoms with Crippen molar-refractivity contribution in [3.8, 4) is 0 Å². The number of carbonyl (C=O) groups is 2. The van der Waals surface area contributed by atoms with Crippen molar-refractivity contribution in [1.82, 2.24) is 15.5 Å². The number of nitrogens with one attached hydrogen (secondary N) is 2. The largest absolute Gasteiger partial charge is 0.350 e. The van der Waals surface area contributed by atoms with Gasteiger partial charge < -0.3 is 10.6 Å². The van der Waals surface area contributed by atoms with Crippen molar-refractivity contribution in [2.75, 3.05) is 20.1 Å². The second kappa shape index (κ2) is 8.70. The number of halogens is 2. The molecule has 24 heavy (non-hydrogen) atoms. The first-order valence-electron chi connectivity index (χ1n) is 7.72. The predicted molar refractivity (Wildman–Crippen MR) is 98.4 cm³/mol. The van der Waals surface area contributed by atoms with Crippen molar-refractivity contribution in [3.63, 3.8) is 0 Å². The molecule has 0 aliphatic carbocycles. The minimum absolute atomic E-state index is 0.118. The minimum atomic E-state index is -0.292. The van der Waals surface area contributed by atoms with E-state index >= 15 is 0 Å². The van der Waals surface area contributed by atoms with Gasteiger partial charge in [-0.1, -0.05) is 29.3 Å². The van der Waals surface area contributed by atoms with Gasteiger partial charge in [-0.15, -0.1) is 0 Å². The molecule has 0 spiro atoms. The van der Waals surface area contributed by atoms with E-state index in [1.807, 2.05) is 27.7 Å². The molecule has 5 nitrogen and oxygen atoms in total. The summed E-state index contributed by atoms with van der Waals surface area (Å²) in [6.07, 6.45) is 0. The molecule has 0 aromatic heterocycles. The van der Waals surface area contributed by atoms with Crippen LogP contribution in [-0.2, 0) is 9.59 Å². The normalized spacial score (nSPS) is 12.8. The van der Waals surface area contributed by atoms with Crippen LogP contribution in [-0.4, -0.2) is 42.4 Å². The summed E-state index contributed by atoms with van der Waals surface area (Å²) in [6, 6.07) is 4.91. The zero-order valence-corrected chi connectivity index (χ0v) is 16.3. The topological polar surface area (TPSA) is 61.4 Å². The van der Waals surface area contributed by atoms with E-state index in [4.69, 9.17) is 23.2 Å². The van der Waals surface area contributed by atoms with Crippen LogP contribution in [0.15, 0.2) is 18.2 Å². The number of nitrogens with zero attached hydrogens (tertiary/aromatic N) is 1. The average Bonchev–Trinajstić information content (AvgIpc) is 2.34. The summed E-state index contributed by atoms with van der Waals surface area (Å²) in [5.74, 6) is -0.300. The second-order valence-electron chi connectivity index (χ2n) is 6.93. The van der Waals surface area contributed by atoms with E-state index in [-0.39, 0.29) is 36.5 Å². The molecule has 0 heterocycles. The fourth-order valence-corrected chi connectivity index (χ4v) is 2.79. The molecule has 0 saturated heterocycles. The first-order chi connectivity index (χ1) is 11.0. The van der Waals surface area contributed by atoms with Crippen LogP contribution in [0.3, 0.4) is 0 Å². The molecule has 1 aromatic rings. The van der Waals surface area contributed by atoms with Crippen LogP contribution >= 0.6 is 23.2 Å². The van der Waals surface area contributed by atoms with E-state index in [9.17, 15) is 9.59 Å². The molecule has 0 radical (unpaired) electrons. The van der Waals surface area contributed by atoms with Gasteiger partial charge in [-0.25, -0.2) is 0 Å². The molecule has 0 fully saturated rings. The highest BCUT2D eigenvalue weighted by Crippen LogP contribution is 2.25. The third-order valence-corrected chi connectivity index (χ3v) is 3.71. The zero-order chi connectivity index (χ0) is 18.5. The highest BCUT2D eigenvalue weighted by Gasteiger charge is 2.18. The Kier molecular flexibility index (Phi) is 7.52. The Morgan fingerprint density at radius 1 is 1.17 bits per heavy atom. The van der Waals surface area contributed by atoms with Gasteiger partial charge in [0.25, 0.3) is 0 Å². The number of hydrogen-bond donors (Lipinski definition) is 2. The molecule has 0 aliphatic rings. The van der Waals surface area contributed by atoms with Gasteiger partial charge in [0.05, 0.1) is 19.1 Å². The molecule has 0 bridgehead atoms. The van der Waals surface area contributed by atoms with E-state index in [0.717, 1.165) is 5.56 Å². The maximum absolute atomic E-state index is 12.1. The molecule has 0 unspecified atom stereocenters. The molecule has 1 rings (SSSR count). The summed E-state index contributed by atoms with van der Waals surface area (Å²) >= 11 is 12.0. The number of rotatable bonds is 6. The molecule has 0 saturated carbocycles. The third-order valence-electron chi connectivity index (χ3n) is 3.15. The first kappa shape index (κ1) is 20.7. The summed E-state index contributed by atoms with van der Waals surface area (Å²) in [5, 5.41) is 6.79. The number of likely N-dealkylation sites (N-methyl/N-ethyl adjacent to an activating group) is 1. The van der Waals surface area contributed by atoms with Gasteiger partial charge in [-0.3, -0.25) is 14.5 Å². The van der Waals surface area contributed by atoms with Gasteiger partial charge in [0.15, 0.2) is 0 Å². The van der Waals surface area contributed by atoms with Crippen LogP contribution in [0.5, 0.6) is 0 Å². The van der Waals surface area contributed by atoms with Crippen molar-refractivity contribution < 1.29 is 9.59 Å². The lowest BCUT2D eigenvalue weighted by Gasteiger charge is -2.23. The predicted octanol–water partition coefficient (Wildman–Crippen LogP) is 3.02. The summed E-state index contributed by atoms with van der Waals surface area (Å²) in [6.45, 7) is 7.85. The average molecular weight is 374 g/mol. The monoisotopic (exact) mass is 373 g/mol. The Bertz CT molecular complexity index is 600. The van der Waals surface area contributed by atoms with Crippen molar-refractivity contribution in [2.24, 2.45) is 0 Å². The van der Waals surface area contributed by atoms with Crippen LogP contribution in [0.25, 0.3) is 0 Å². The van der Waals surface area contributed by atoms with Crippen LogP contribution in [0.2, 0.25) is 10.0 Å². The Hall–Kier alpha value is -1.30. The van der Waals surface area contributed by atoms with Gasteiger partial charge >= 0.3 is 0 Å². The van der Waals surface area contributed by atoms with Crippen molar-refractivity contribution >= 4 is 35.0 Å². The van der Waals surface area contributed by atoms with Crippen molar-refractivity contribution in [1.29, 1.82) is 0 Å². The number of benzene rings is 1. The SMILES string of the molecule is C[C@@H](NC(=O)CN(C)CC(=O)NC(C)(C)C)c1ccc(Cl)cc1Cl. The quantitative estimate of drug-likeness (QED) is 0.805. The fraction of sp³-hybridized carbons (Fsp3) is 0.529. The molecule has 2 amide bonds. The zero-order valence-electron chi connectivity index (χ0n) is 14.7. The molecule has 1 aromatic carbocycles. The van der Waals surface area contributed by atoms with E-state index in [1.165, 1.54) is 0 Å². The summed E-state index contributed by atoms with van der Waals surface area (Å²) in [4.78, 5) is 25.6. The van der Waals surface area contributed by atoms with E-state index in [2.05, 4.69) is 10.6 Å². The number of amides is 2. The Morgan fingerprint density at radius 2 is 1.75 bits per heavy atom. The highest BCUT2D eigenvalue weighted by molar-refractivity contribution is 6.35.